The second-order valence-corrected chi connectivity index (χ2v) is 5.71. The molecule has 14 heavy (non-hydrogen) atoms. The van der Waals surface area contributed by atoms with Crippen molar-refractivity contribution in [2.75, 3.05) is 11.5 Å². The van der Waals surface area contributed by atoms with E-state index in [-0.39, 0.29) is 11.5 Å². The van der Waals surface area contributed by atoms with Crippen LogP contribution in [0.3, 0.4) is 0 Å². The van der Waals surface area contributed by atoms with Gasteiger partial charge in [-0.2, -0.15) is 0 Å². The maximum atomic E-state index is 11.3. The van der Waals surface area contributed by atoms with Crippen LogP contribution in [-0.2, 0) is 9.84 Å². The van der Waals surface area contributed by atoms with E-state index >= 15 is 0 Å². The van der Waals surface area contributed by atoms with E-state index in [1.165, 1.54) is 0 Å². The van der Waals surface area contributed by atoms with E-state index in [0.717, 1.165) is 16.7 Å². The van der Waals surface area contributed by atoms with E-state index in [9.17, 15) is 8.42 Å². The van der Waals surface area contributed by atoms with Crippen molar-refractivity contribution >= 4 is 15.4 Å². The van der Waals surface area contributed by atoms with Gasteiger partial charge < -0.3 is 0 Å². The molecular formula is C11H12O2S. The molecule has 0 spiro atoms. The summed E-state index contributed by atoms with van der Waals surface area (Å²) in [6.45, 7) is 2.00. The maximum Gasteiger partial charge on any atom is 0.158 e. The monoisotopic (exact) mass is 208 g/mol. The fourth-order valence-corrected chi connectivity index (χ4v) is 3.02. The predicted molar refractivity (Wildman–Crippen MR) is 57.8 cm³/mol. The van der Waals surface area contributed by atoms with Crippen molar-refractivity contribution < 1.29 is 8.42 Å². The first-order valence-electron chi connectivity index (χ1n) is 4.54. The number of hydrogen-bond donors (Lipinski definition) is 0. The van der Waals surface area contributed by atoms with Crippen molar-refractivity contribution in [2.45, 2.75) is 6.92 Å². The van der Waals surface area contributed by atoms with E-state index in [1.807, 2.05) is 37.3 Å². The van der Waals surface area contributed by atoms with Gasteiger partial charge in [-0.25, -0.2) is 8.42 Å². The van der Waals surface area contributed by atoms with Gasteiger partial charge in [-0.15, -0.1) is 0 Å². The van der Waals surface area contributed by atoms with Crippen molar-refractivity contribution in [3.63, 3.8) is 0 Å². The summed E-state index contributed by atoms with van der Waals surface area (Å²) in [6, 6.07) is 7.88. The average Bonchev–Trinajstić information content (AvgIpc) is 2.47. The zero-order chi connectivity index (χ0) is 10.2. The summed E-state index contributed by atoms with van der Waals surface area (Å²) < 4.78 is 22.5. The maximum absolute atomic E-state index is 11.3. The normalized spacial score (nSPS) is 19.4. The molecule has 1 aromatic rings. The van der Waals surface area contributed by atoms with Crippen LogP contribution in [0.25, 0.3) is 5.57 Å². The molecule has 0 saturated heterocycles. The summed E-state index contributed by atoms with van der Waals surface area (Å²) in [7, 11) is -2.85. The Balaban J connectivity index is 2.40. The number of hydrogen-bond acceptors (Lipinski definition) is 2. The third-order valence-corrected chi connectivity index (χ3v) is 3.88. The quantitative estimate of drug-likeness (QED) is 0.705. The highest BCUT2D eigenvalue weighted by Crippen LogP contribution is 2.24. The van der Waals surface area contributed by atoms with Gasteiger partial charge >= 0.3 is 0 Å². The first-order chi connectivity index (χ1) is 6.58. The molecule has 1 aliphatic rings. The lowest BCUT2D eigenvalue weighted by molar-refractivity contribution is 0.603. The largest absolute Gasteiger partial charge is 0.228 e. The molecule has 0 aromatic heterocycles. The van der Waals surface area contributed by atoms with Gasteiger partial charge in [-0.05, 0) is 23.6 Å². The van der Waals surface area contributed by atoms with Gasteiger partial charge in [0.1, 0.15) is 0 Å². The molecule has 0 atom stereocenters. The molecule has 0 N–H and O–H groups in total. The van der Waals surface area contributed by atoms with Crippen LogP contribution < -0.4 is 0 Å². The van der Waals surface area contributed by atoms with E-state index < -0.39 is 9.84 Å². The van der Waals surface area contributed by atoms with Crippen LogP contribution in [0.1, 0.15) is 11.1 Å². The number of benzene rings is 1. The Hall–Kier alpha value is -1.09. The van der Waals surface area contributed by atoms with E-state index in [1.54, 1.807) is 0 Å². The van der Waals surface area contributed by atoms with Gasteiger partial charge in [0.15, 0.2) is 9.84 Å². The summed E-state index contributed by atoms with van der Waals surface area (Å²) in [6.07, 6.45) is 1.82. The Morgan fingerprint density at radius 3 is 2.50 bits per heavy atom. The van der Waals surface area contributed by atoms with Crippen molar-refractivity contribution in [1.82, 2.24) is 0 Å². The molecule has 0 bridgehead atoms. The summed E-state index contributed by atoms with van der Waals surface area (Å²) in [5, 5.41) is 0. The molecule has 0 fully saturated rings. The van der Waals surface area contributed by atoms with Gasteiger partial charge in [0.2, 0.25) is 0 Å². The Morgan fingerprint density at radius 2 is 1.93 bits per heavy atom. The summed E-state index contributed by atoms with van der Waals surface area (Å²) in [4.78, 5) is 0. The molecule has 2 rings (SSSR count). The van der Waals surface area contributed by atoms with E-state index in [0.29, 0.717) is 0 Å². The number of rotatable bonds is 1. The topological polar surface area (TPSA) is 34.1 Å². The van der Waals surface area contributed by atoms with Crippen LogP contribution >= 0.6 is 0 Å². The molecule has 3 heteroatoms. The number of sulfone groups is 1. The van der Waals surface area contributed by atoms with Gasteiger partial charge in [0.05, 0.1) is 11.5 Å². The fourth-order valence-electron chi connectivity index (χ4n) is 1.70. The van der Waals surface area contributed by atoms with Crippen LogP contribution in [0.4, 0.5) is 0 Å². The van der Waals surface area contributed by atoms with Crippen LogP contribution in [0, 0.1) is 6.92 Å². The third kappa shape index (κ3) is 1.73. The summed E-state index contributed by atoms with van der Waals surface area (Å²) >= 11 is 0. The van der Waals surface area contributed by atoms with E-state index in [2.05, 4.69) is 0 Å². The van der Waals surface area contributed by atoms with Crippen molar-refractivity contribution in [1.29, 1.82) is 0 Å². The third-order valence-electron chi connectivity index (χ3n) is 2.45. The standard InChI is InChI=1S/C11H12O2S/c1-9-4-2-3-5-11(9)10-6-7-14(12,13)8-10/h2-6H,7-8H2,1H3. The predicted octanol–water partition coefficient (Wildman–Crippen LogP) is 1.81. The highest BCUT2D eigenvalue weighted by atomic mass is 32.2. The highest BCUT2D eigenvalue weighted by molar-refractivity contribution is 7.92. The summed E-state index contributed by atoms with van der Waals surface area (Å²) in [5.74, 6) is 0.383. The Kier molecular flexibility index (Phi) is 2.19. The van der Waals surface area contributed by atoms with Crippen molar-refractivity contribution in [3.8, 4) is 0 Å². The molecular weight excluding hydrogens is 196 g/mol. The summed E-state index contributed by atoms with van der Waals surface area (Å²) in [5.41, 5.74) is 3.15. The van der Waals surface area contributed by atoms with Crippen LogP contribution in [0.2, 0.25) is 0 Å². The van der Waals surface area contributed by atoms with Crippen molar-refractivity contribution in [2.24, 2.45) is 0 Å². The molecule has 0 unspecified atom stereocenters. The van der Waals surface area contributed by atoms with Crippen LogP contribution in [0.5, 0.6) is 0 Å². The van der Waals surface area contributed by atoms with Gasteiger partial charge in [0.25, 0.3) is 0 Å². The minimum Gasteiger partial charge on any atom is -0.228 e. The minimum atomic E-state index is -2.85. The van der Waals surface area contributed by atoms with Crippen LogP contribution in [-0.4, -0.2) is 19.9 Å². The molecule has 1 aromatic carbocycles. The zero-order valence-corrected chi connectivity index (χ0v) is 8.84. The molecule has 1 heterocycles. The lowest BCUT2D eigenvalue weighted by Crippen LogP contribution is -2.02. The van der Waals surface area contributed by atoms with E-state index in [4.69, 9.17) is 0 Å². The SMILES string of the molecule is Cc1ccccc1C1=CCS(=O)(=O)C1. The molecule has 0 aliphatic carbocycles. The van der Waals surface area contributed by atoms with Gasteiger partial charge in [-0.3, -0.25) is 0 Å². The van der Waals surface area contributed by atoms with Crippen molar-refractivity contribution in [3.05, 3.63) is 41.5 Å². The average molecular weight is 208 g/mol. The minimum absolute atomic E-state index is 0.191. The number of aryl methyl sites for hydroxylation is 1. The molecule has 0 saturated carbocycles. The Bertz CT molecular complexity index is 484. The molecule has 74 valence electrons. The Morgan fingerprint density at radius 1 is 1.21 bits per heavy atom. The van der Waals surface area contributed by atoms with Gasteiger partial charge in [0, 0.05) is 0 Å². The molecule has 1 aliphatic heterocycles. The molecule has 0 amide bonds. The smallest absolute Gasteiger partial charge is 0.158 e. The lowest BCUT2D eigenvalue weighted by atomic mass is 10.0. The molecule has 2 nitrogen and oxygen atoms in total. The fraction of sp³-hybridized carbons (Fsp3) is 0.273. The lowest BCUT2D eigenvalue weighted by Gasteiger charge is -2.04. The molecule has 0 radical (unpaired) electrons. The first-order valence-corrected chi connectivity index (χ1v) is 6.36. The van der Waals surface area contributed by atoms with Crippen LogP contribution in [0.15, 0.2) is 30.3 Å². The first kappa shape index (κ1) is 9.46. The zero-order valence-electron chi connectivity index (χ0n) is 8.03. The second-order valence-electron chi connectivity index (χ2n) is 3.60. The second kappa shape index (κ2) is 3.24. The Labute approximate surface area is 84.2 Å². The highest BCUT2D eigenvalue weighted by Gasteiger charge is 2.21. The van der Waals surface area contributed by atoms with Gasteiger partial charge in [-0.1, -0.05) is 30.3 Å².